The van der Waals surface area contributed by atoms with Crippen LogP contribution < -0.4 is 0 Å². The van der Waals surface area contributed by atoms with Gasteiger partial charge in [0, 0.05) is 22.0 Å². The number of hydrogen-bond acceptors (Lipinski definition) is 4. The van der Waals surface area contributed by atoms with Crippen molar-refractivity contribution in [3.05, 3.63) is 64.5 Å². The number of thiazole rings is 1. The van der Waals surface area contributed by atoms with E-state index in [9.17, 15) is 4.79 Å². The largest absolute Gasteiger partial charge is 0.467 e. The topological polar surface area (TPSA) is 46.3 Å². The zero-order valence-electron chi connectivity index (χ0n) is 13.7. The summed E-state index contributed by atoms with van der Waals surface area (Å²) in [5.41, 5.74) is 1.45. The second-order valence-electron chi connectivity index (χ2n) is 6.18. The predicted octanol–water partition coefficient (Wildman–Crippen LogP) is 5.42. The van der Waals surface area contributed by atoms with Crippen molar-refractivity contribution in [3.63, 3.8) is 0 Å². The van der Waals surface area contributed by atoms with Gasteiger partial charge in [-0.2, -0.15) is 0 Å². The van der Waals surface area contributed by atoms with Crippen molar-refractivity contribution in [2.75, 3.05) is 0 Å². The first kappa shape index (κ1) is 16.4. The molecule has 1 unspecified atom stereocenters. The molecule has 4 rings (SSSR count). The molecule has 1 fully saturated rings. The van der Waals surface area contributed by atoms with Gasteiger partial charge in [0.05, 0.1) is 12.3 Å². The Labute approximate surface area is 155 Å². The van der Waals surface area contributed by atoms with Crippen molar-refractivity contribution < 1.29 is 9.21 Å². The molecule has 0 spiro atoms. The average molecular weight is 373 g/mol. The number of nitrogens with zero attached hydrogens (tertiary/aromatic N) is 2. The lowest BCUT2D eigenvalue weighted by Crippen LogP contribution is -2.35. The minimum Gasteiger partial charge on any atom is -0.467 e. The van der Waals surface area contributed by atoms with Gasteiger partial charge in [-0.1, -0.05) is 23.7 Å². The highest BCUT2D eigenvalue weighted by molar-refractivity contribution is 7.13. The maximum Gasteiger partial charge on any atom is 0.274 e. The summed E-state index contributed by atoms with van der Waals surface area (Å²) in [4.78, 5) is 19.5. The molecule has 0 saturated heterocycles. The Morgan fingerprint density at radius 3 is 2.72 bits per heavy atom. The maximum absolute atomic E-state index is 13.1. The molecule has 1 amide bonds. The molecule has 2 heterocycles. The van der Waals surface area contributed by atoms with Crippen LogP contribution >= 0.6 is 22.9 Å². The maximum atomic E-state index is 13.1. The number of amides is 1. The third-order valence-corrected chi connectivity index (χ3v) is 5.50. The first-order chi connectivity index (χ1) is 12.1. The molecule has 1 saturated carbocycles. The second-order valence-corrected chi connectivity index (χ2v) is 7.47. The van der Waals surface area contributed by atoms with E-state index >= 15 is 0 Å². The molecule has 4 nitrogen and oxygen atoms in total. The van der Waals surface area contributed by atoms with Gasteiger partial charge in [-0.25, -0.2) is 4.98 Å². The van der Waals surface area contributed by atoms with E-state index < -0.39 is 0 Å². The van der Waals surface area contributed by atoms with E-state index in [2.05, 4.69) is 4.98 Å². The van der Waals surface area contributed by atoms with E-state index in [1.165, 1.54) is 11.3 Å². The number of benzene rings is 1. The number of rotatable bonds is 5. The highest BCUT2D eigenvalue weighted by Gasteiger charge is 2.38. The molecule has 6 heteroatoms. The molecule has 2 aromatic heterocycles. The van der Waals surface area contributed by atoms with Crippen molar-refractivity contribution in [2.45, 2.75) is 31.8 Å². The van der Waals surface area contributed by atoms with E-state index in [4.69, 9.17) is 16.0 Å². The second kappa shape index (κ2) is 6.65. The molecule has 128 valence electrons. The Kier molecular flexibility index (Phi) is 4.36. The summed E-state index contributed by atoms with van der Waals surface area (Å²) >= 11 is 7.41. The van der Waals surface area contributed by atoms with Crippen molar-refractivity contribution >= 4 is 28.8 Å². The van der Waals surface area contributed by atoms with E-state index in [1.807, 2.05) is 53.6 Å². The van der Waals surface area contributed by atoms with Gasteiger partial charge in [-0.05, 0) is 44.0 Å². The minimum absolute atomic E-state index is 0.0390. The number of hydrogen-bond donors (Lipinski definition) is 0. The van der Waals surface area contributed by atoms with Crippen molar-refractivity contribution in [2.24, 2.45) is 0 Å². The van der Waals surface area contributed by atoms with Crippen LogP contribution in [0.15, 0.2) is 52.5 Å². The smallest absolute Gasteiger partial charge is 0.274 e. The fourth-order valence-corrected chi connectivity index (χ4v) is 3.83. The fraction of sp³-hybridized carbons (Fsp3) is 0.263. The lowest BCUT2D eigenvalue weighted by Gasteiger charge is -2.27. The minimum atomic E-state index is -0.101. The van der Waals surface area contributed by atoms with Gasteiger partial charge in [0.1, 0.15) is 16.5 Å². The van der Waals surface area contributed by atoms with Gasteiger partial charge >= 0.3 is 0 Å². The van der Waals surface area contributed by atoms with Gasteiger partial charge < -0.3 is 9.32 Å². The number of carbonyl (C=O) groups is 1. The van der Waals surface area contributed by atoms with Gasteiger partial charge in [0.25, 0.3) is 5.91 Å². The summed E-state index contributed by atoms with van der Waals surface area (Å²) in [6, 6.07) is 11.4. The summed E-state index contributed by atoms with van der Waals surface area (Å²) in [5.74, 6) is 0.760. The van der Waals surface area contributed by atoms with Gasteiger partial charge in [-0.3, -0.25) is 4.79 Å². The van der Waals surface area contributed by atoms with Crippen LogP contribution in [-0.2, 0) is 0 Å². The standard InChI is InChI=1S/C19H17ClN2O2S/c1-12(17-3-2-10-24-17)22(15-8-9-15)19(23)16-11-25-18(21-16)13-4-6-14(20)7-5-13/h2-7,10-12,15H,8-9H2,1H3. The van der Waals surface area contributed by atoms with Crippen LogP contribution in [-0.4, -0.2) is 21.8 Å². The van der Waals surface area contributed by atoms with E-state index in [-0.39, 0.29) is 18.0 Å². The van der Waals surface area contributed by atoms with Crippen molar-refractivity contribution in [1.29, 1.82) is 0 Å². The van der Waals surface area contributed by atoms with Crippen LogP contribution in [0.1, 0.15) is 42.1 Å². The van der Waals surface area contributed by atoms with Crippen LogP contribution in [0.2, 0.25) is 5.02 Å². The first-order valence-corrected chi connectivity index (χ1v) is 9.47. The summed E-state index contributed by atoms with van der Waals surface area (Å²) in [7, 11) is 0. The molecule has 0 aliphatic heterocycles. The molecule has 1 atom stereocenters. The molecular weight excluding hydrogens is 356 g/mol. The van der Waals surface area contributed by atoms with Crippen molar-refractivity contribution in [3.8, 4) is 10.6 Å². The molecule has 0 bridgehead atoms. The molecule has 1 aromatic carbocycles. The monoisotopic (exact) mass is 372 g/mol. The van der Waals surface area contributed by atoms with E-state index in [0.717, 1.165) is 29.2 Å². The van der Waals surface area contributed by atoms with Crippen LogP contribution in [0.5, 0.6) is 0 Å². The zero-order chi connectivity index (χ0) is 17.4. The molecule has 1 aliphatic carbocycles. The number of halogens is 1. The Morgan fingerprint density at radius 2 is 2.08 bits per heavy atom. The third-order valence-electron chi connectivity index (χ3n) is 4.36. The zero-order valence-corrected chi connectivity index (χ0v) is 15.3. The summed E-state index contributed by atoms with van der Waals surface area (Å²) in [6.07, 6.45) is 3.71. The highest BCUT2D eigenvalue weighted by atomic mass is 35.5. The van der Waals surface area contributed by atoms with Crippen molar-refractivity contribution in [1.82, 2.24) is 9.88 Å². The lowest BCUT2D eigenvalue weighted by molar-refractivity contribution is 0.0647. The van der Waals surface area contributed by atoms with Crippen LogP contribution in [0.25, 0.3) is 10.6 Å². The Balaban J connectivity index is 1.60. The first-order valence-electron chi connectivity index (χ1n) is 8.21. The average Bonchev–Trinajstić information content (AvgIpc) is 3.12. The number of aromatic nitrogens is 1. The normalized spacial score (nSPS) is 15.1. The molecule has 3 aromatic rings. The molecule has 0 N–H and O–H groups in total. The van der Waals surface area contributed by atoms with E-state index in [0.29, 0.717) is 10.7 Å². The summed E-state index contributed by atoms with van der Waals surface area (Å²) in [6.45, 7) is 2.00. The summed E-state index contributed by atoms with van der Waals surface area (Å²) in [5, 5.41) is 3.33. The third kappa shape index (κ3) is 3.34. The van der Waals surface area contributed by atoms with Crippen LogP contribution in [0.4, 0.5) is 0 Å². The lowest BCUT2D eigenvalue weighted by atomic mass is 10.2. The quantitative estimate of drug-likeness (QED) is 0.600. The molecular formula is C19H17ClN2O2S. The number of carbonyl (C=O) groups excluding carboxylic acids is 1. The highest BCUT2D eigenvalue weighted by Crippen LogP contribution is 2.36. The van der Waals surface area contributed by atoms with Gasteiger partial charge in [0.15, 0.2) is 0 Å². The van der Waals surface area contributed by atoms with Crippen LogP contribution in [0, 0.1) is 0 Å². The fourth-order valence-electron chi connectivity index (χ4n) is 2.91. The Morgan fingerprint density at radius 1 is 1.32 bits per heavy atom. The number of furan rings is 1. The Bertz CT molecular complexity index is 869. The SMILES string of the molecule is CC(c1ccco1)N(C(=O)c1csc(-c2ccc(Cl)cc2)n1)C1CC1. The predicted molar refractivity (Wildman–Crippen MR) is 98.9 cm³/mol. The summed E-state index contributed by atoms with van der Waals surface area (Å²) < 4.78 is 5.50. The van der Waals surface area contributed by atoms with Gasteiger partial charge in [0.2, 0.25) is 0 Å². The van der Waals surface area contributed by atoms with E-state index in [1.54, 1.807) is 6.26 Å². The van der Waals surface area contributed by atoms with Gasteiger partial charge in [-0.15, -0.1) is 11.3 Å². The Hall–Kier alpha value is -2.11. The molecule has 25 heavy (non-hydrogen) atoms. The van der Waals surface area contributed by atoms with Crippen LogP contribution in [0.3, 0.4) is 0 Å². The molecule has 0 radical (unpaired) electrons. The molecule has 1 aliphatic rings.